The van der Waals surface area contributed by atoms with Crippen LogP contribution in [0.4, 0.5) is 0 Å². The van der Waals surface area contributed by atoms with E-state index in [0.717, 1.165) is 0 Å². The average molecular weight is 171 g/mol. The Kier molecular flexibility index (Phi) is 3.80. The molecule has 0 saturated heterocycles. The van der Waals surface area contributed by atoms with E-state index in [1.54, 1.807) is 4.08 Å². The Morgan fingerprint density at radius 1 is 2.00 bits per heavy atom. The molecule has 0 atom stereocenters. The van der Waals surface area contributed by atoms with Gasteiger partial charge in [-0.15, -0.1) is 0 Å². The van der Waals surface area contributed by atoms with Crippen LogP contribution in [-0.2, 0) is 0 Å². The second-order valence-corrected chi connectivity index (χ2v) is 1.69. The first kappa shape index (κ1) is 4.43. The minimum absolute atomic E-state index is 0.626. The van der Waals surface area contributed by atoms with Crippen LogP contribution in [0.2, 0.25) is 0 Å². The molecule has 4 heavy (non-hydrogen) atoms. The predicted octanol–water partition coefficient (Wildman–Crippen LogP) is -2.87. The summed E-state index contributed by atoms with van der Waals surface area (Å²) in [6, 6.07) is 0. The molecule has 0 spiro atoms. The molecule has 1 N–H and O–H groups in total. The van der Waals surface area contributed by atoms with Crippen LogP contribution in [0, 0.1) is 0 Å². The van der Waals surface area contributed by atoms with Crippen LogP contribution in [0.1, 0.15) is 0 Å². The fourth-order valence-corrected chi connectivity index (χ4v) is 0. The molecule has 0 rings (SSSR count). The molecule has 0 aliphatic heterocycles. The van der Waals surface area contributed by atoms with Gasteiger partial charge < -0.3 is 0 Å². The quantitative estimate of drug-likeness (QED) is 0.420. The molecule has 0 radical (unpaired) electrons. The van der Waals surface area contributed by atoms with Crippen LogP contribution < -0.4 is 21.6 Å². The fourth-order valence-electron chi connectivity index (χ4n) is 0. The van der Waals surface area contributed by atoms with E-state index in [9.17, 15) is 0 Å². The monoisotopic (exact) mass is 171 g/mol. The van der Waals surface area contributed by atoms with E-state index in [4.69, 9.17) is 3.44 Å². The first-order valence-corrected chi connectivity index (χ1v) is 3.01. The third-order valence-electron chi connectivity index (χ3n) is 0.0690. The second-order valence-electron chi connectivity index (χ2n) is 0.252. The molecule has 0 heterocycles. The summed E-state index contributed by atoms with van der Waals surface area (Å²) in [5, 5.41) is 0. The molecular formula is C2H4IO-. The molecule has 0 aromatic rings. The van der Waals surface area contributed by atoms with Crippen molar-refractivity contribution in [1.29, 1.82) is 0 Å². The maximum atomic E-state index is 7.87. The Hall–Kier alpha value is 0.430. The van der Waals surface area contributed by atoms with Gasteiger partial charge in [0.15, 0.2) is 0 Å². The number of hydrogen-bond acceptors (Lipinski definition) is 1. The summed E-state index contributed by atoms with van der Waals surface area (Å²) < 4.78 is 9.41. The molecule has 2 heteroatoms. The third-order valence-corrected chi connectivity index (χ3v) is 0.463. The molecule has 0 bridgehead atoms. The van der Waals surface area contributed by atoms with Crippen molar-refractivity contribution in [3.8, 4) is 0 Å². The van der Waals surface area contributed by atoms with Crippen molar-refractivity contribution >= 4 is 0 Å². The van der Waals surface area contributed by atoms with Crippen LogP contribution in [0.15, 0.2) is 10.7 Å². The molecular weight excluding hydrogens is 167 g/mol. The Labute approximate surface area is 36.1 Å². The van der Waals surface area contributed by atoms with Crippen LogP contribution in [0.25, 0.3) is 0 Å². The predicted molar refractivity (Wildman–Crippen MR) is 12.4 cm³/mol. The van der Waals surface area contributed by atoms with Crippen molar-refractivity contribution in [2.24, 2.45) is 0 Å². The number of hydrogen-bond donors (Lipinski definition) is 1. The van der Waals surface area contributed by atoms with E-state index in [2.05, 4.69) is 6.58 Å². The Balaban J connectivity index is 2.30. The van der Waals surface area contributed by atoms with Crippen LogP contribution in [0.3, 0.4) is 0 Å². The zero-order valence-electron chi connectivity index (χ0n) is 2.11. The standard InChI is InChI=1S/C2H4IO/c1-2-3-4/h2,4H,1H2/q-1. The second kappa shape index (κ2) is 3.43. The van der Waals surface area contributed by atoms with Gasteiger partial charge >= 0.3 is 35.7 Å². The topological polar surface area (TPSA) is 20.2 Å². The van der Waals surface area contributed by atoms with Gasteiger partial charge in [-0.1, -0.05) is 0 Å². The maximum absolute atomic E-state index is 7.87. The summed E-state index contributed by atoms with van der Waals surface area (Å²) >= 11 is -0.626. The van der Waals surface area contributed by atoms with E-state index < -0.39 is 21.6 Å². The normalized spacial score (nSPS) is 7.25. The van der Waals surface area contributed by atoms with Gasteiger partial charge in [0.1, 0.15) is 0 Å². The summed E-state index contributed by atoms with van der Waals surface area (Å²) in [6.07, 6.45) is 0. The fraction of sp³-hybridized carbons (Fsp3) is 0. The molecule has 0 unspecified atom stereocenters. The molecule has 0 amide bonds. The molecule has 26 valence electrons. The third kappa shape index (κ3) is 2.43. The van der Waals surface area contributed by atoms with Gasteiger partial charge in [0.05, 0.1) is 0 Å². The van der Waals surface area contributed by atoms with Gasteiger partial charge in [-0.3, -0.25) is 0 Å². The summed E-state index contributed by atoms with van der Waals surface area (Å²) in [5.41, 5.74) is 0. The molecule has 0 aliphatic rings. The Bertz CT molecular complexity index is 20.0. The Morgan fingerprint density at radius 3 is 2.25 bits per heavy atom. The summed E-state index contributed by atoms with van der Waals surface area (Å²) in [5.74, 6) is 0. The van der Waals surface area contributed by atoms with Gasteiger partial charge in [0.25, 0.3) is 0 Å². The van der Waals surface area contributed by atoms with Crippen LogP contribution >= 0.6 is 0 Å². The van der Waals surface area contributed by atoms with Crippen LogP contribution in [-0.4, -0.2) is 3.44 Å². The van der Waals surface area contributed by atoms with Gasteiger partial charge in [-0.05, 0) is 0 Å². The molecule has 0 aromatic heterocycles. The number of halogens is 1. The van der Waals surface area contributed by atoms with Crippen molar-refractivity contribution in [1.82, 2.24) is 0 Å². The summed E-state index contributed by atoms with van der Waals surface area (Å²) in [6.45, 7) is 3.28. The van der Waals surface area contributed by atoms with Gasteiger partial charge in [-0.25, -0.2) is 0 Å². The molecule has 0 fully saturated rings. The zero-order valence-corrected chi connectivity index (χ0v) is 4.27. The van der Waals surface area contributed by atoms with Crippen molar-refractivity contribution in [3.05, 3.63) is 10.7 Å². The van der Waals surface area contributed by atoms with Gasteiger partial charge in [0.2, 0.25) is 0 Å². The molecule has 1 nitrogen and oxygen atoms in total. The van der Waals surface area contributed by atoms with E-state index in [1.807, 2.05) is 0 Å². The van der Waals surface area contributed by atoms with E-state index in [1.165, 1.54) is 0 Å². The van der Waals surface area contributed by atoms with Gasteiger partial charge in [0, 0.05) is 0 Å². The van der Waals surface area contributed by atoms with Crippen molar-refractivity contribution in [2.45, 2.75) is 0 Å². The van der Waals surface area contributed by atoms with Crippen molar-refractivity contribution in [2.75, 3.05) is 0 Å². The van der Waals surface area contributed by atoms with E-state index in [-0.39, 0.29) is 0 Å². The summed E-state index contributed by atoms with van der Waals surface area (Å²) in [7, 11) is 0. The molecule has 0 saturated carbocycles. The summed E-state index contributed by atoms with van der Waals surface area (Å²) in [4.78, 5) is 0. The van der Waals surface area contributed by atoms with Crippen LogP contribution in [0.5, 0.6) is 0 Å². The van der Waals surface area contributed by atoms with E-state index in [0.29, 0.717) is 0 Å². The van der Waals surface area contributed by atoms with Crippen molar-refractivity contribution < 1.29 is 25.1 Å². The molecule has 0 aliphatic carbocycles. The average Bonchev–Trinajstić information content (AvgIpc) is 1.37. The Morgan fingerprint density at radius 2 is 2.25 bits per heavy atom. The first-order chi connectivity index (χ1) is 1.91. The molecule has 0 aromatic carbocycles. The van der Waals surface area contributed by atoms with E-state index >= 15 is 0 Å². The zero-order chi connectivity index (χ0) is 3.41. The minimum atomic E-state index is -0.626. The number of rotatable bonds is 1. The van der Waals surface area contributed by atoms with Crippen molar-refractivity contribution in [3.63, 3.8) is 0 Å². The van der Waals surface area contributed by atoms with Gasteiger partial charge in [-0.2, -0.15) is 0 Å². The SMILES string of the molecule is C=C[I-]O. The first-order valence-electron chi connectivity index (χ1n) is 0.795.